The first-order chi connectivity index (χ1) is 4.88. The molecule has 5 heteroatoms. The fourth-order valence-electron chi connectivity index (χ4n) is 1.33. The Morgan fingerprint density at radius 1 is 1.45 bits per heavy atom. The van der Waals surface area contributed by atoms with Gasteiger partial charge in [-0.2, -0.15) is 0 Å². The highest BCUT2D eigenvalue weighted by Crippen LogP contribution is 2.07. The lowest BCUT2D eigenvalue weighted by molar-refractivity contribution is 0.173. The highest BCUT2D eigenvalue weighted by atomic mass is 35.5. The number of hydrogen-bond donors (Lipinski definition) is 2. The van der Waals surface area contributed by atoms with E-state index in [9.17, 15) is 4.79 Å². The number of nitrogens with zero attached hydrogens (tertiary/aromatic N) is 1. The van der Waals surface area contributed by atoms with Gasteiger partial charge in [0.25, 0.3) is 0 Å². The summed E-state index contributed by atoms with van der Waals surface area (Å²) in [6.07, 6.45) is 0. The Labute approximate surface area is 71.7 Å². The molecule has 0 unspecified atom stereocenters. The first kappa shape index (κ1) is 8.62. The van der Waals surface area contributed by atoms with Crippen molar-refractivity contribution in [1.29, 1.82) is 0 Å². The third-order valence-corrected chi connectivity index (χ3v) is 2.09. The van der Waals surface area contributed by atoms with Gasteiger partial charge in [-0.1, -0.05) is 0 Å². The predicted molar refractivity (Wildman–Crippen MR) is 44.0 cm³/mol. The molecular weight excluding hydrogens is 166 g/mol. The Morgan fingerprint density at radius 3 is 2.55 bits per heavy atom. The molecule has 2 N–H and O–H groups in total. The highest BCUT2D eigenvalue weighted by Gasteiger charge is 2.31. The van der Waals surface area contributed by atoms with Crippen LogP contribution in [0.15, 0.2) is 0 Å². The van der Waals surface area contributed by atoms with E-state index in [2.05, 4.69) is 10.6 Å². The zero-order valence-corrected chi connectivity index (χ0v) is 6.99. The number of urea groups is 1. The van der Waals surface area contributed by atoms with Gasteiger partial charge in [0.1, 0.15) is 0 Å². The van der Waals surface area contributed by atoms with Crippen LogP contribution in [0.25, 0.3) is 0 Å². The minimum Gasteiger partial charge on any atom is -0.336 e. The van der Waals surface area contributed by atoms with Crippen LogP contribution in [0, 0.1) is 0 Å². The minimum atomic E-state index is 0. The number of hydrogen-bond acceptors (Lipinski definition) is 2. The molecule has 2 fully saturated rings. The van der Waals surface area contributed by atoms with Crippen LogP contribution >= 0.6 is 12.4 Å². The van der Waals surface area contributed by atoms with Crippen molar-refractivity contribution in [3.05, 3.63) is 0 Å². The van der Waals surface area contributed by atoms with Crippen molar-refractivity contribution in [2.75, 3.05) is 26.2 Å². The van der Waals surface area contributed by atoms with Gasteiger partial charge < -0.3 is 15.5 Å². The van der Waals surface area contributed by atoms with Crippen molar-refractivity contribution >= 4 is 18.4 Å². The molecule has 0 aromatic rings. The number of amides is 2. The fourth-order valence-corrected chi connectivity index (χ4v) is 1.33. The van der Waals surface area contributed by atoms with Crippen LogP contribution < -0.4 is 10.6 Å². The van der Waals surface area contributed by atoms with Gasteiger partial charge in [-0.3, -0.25) is 0 Å². The Kier molecular flexibility index (Phi) is 2.57. The van der Waals surface area contributed by atoms with Crippen LogP contribution in [0.5, 0.6) is 0 Å². The lowest BCUT2D eigenvalue weighted by atomic mass is 10.1. The molecule has 0 aromatic heterocycles. The van der Waals surface area contributed by atoms with Crippen LogP contribution in [0.2, 0.25) is 0 Å². The van der Waals surface area contributed by atoms with Crippen molar-refractivity contribution < 1.29 is 4.79 Å². The smallest absolute Gasteiger partial charge is 0.317 e. The monoisotopic (exact) mass is 177 g/mol. The maximum Gasteiger partial charge on any atom is 0.317 e. The molecule has 0 radical (unpaired) electrons. The van der Waals surface area contributed by atoms with E-state index >= 15 is 0 Å². The van der Waals surface area contributed by atoms with Crippen molar-refractivity contribution in [2.45, 2.75) is 6.04 Å². The first-order valence-electron chi connectivity index (χ1n) is 3.63. The molecule has 0 saturated carbocycles. The summed E-state index contributed by atoms with van der Waals surface area (Å²) in [6, 6.07) is 0.564. The van der Waals surface area contributed by atoms with E-state index in [-0.39, 0.29) is 18.4 Å². The zero-order valence-electron chi connectivity index (χ0n) is 6.17. The van der Waals surface area contributed by atoms with Gasteiger partial charge in [0.15, 0.2) is 0 Å². The molecule has 0 spiro atoms. The summed E-state index contributed by atoms with van der Waals surface area (Å²) < 4.78 is 0. The lowest BCUT2D eigenvalue weighted by Gasteiger charge is -2.34. The summed E-state index contributed by atoms with van der Waals surface area (Å²) in [5.74, 6) is 0. The van der Waals surface area contributed by atoms with Crippen LogP contribution in [-0.4, -0.2) is 43.2 Å². The molecule has 11 heavy (non-hydrogen) atoms. The molecule has 0 aliphatic carbocycles. The molecule has 2 heterocycles. The number of halogens is 1. The van der Waals surface area contributed by atoms with E-state index in [0.717, 1.165) is 26.2 Å². The second-order valence-corrected chi connectivity index (χ2v) is 2.74. The Balaban J connectivity index is 0.000000605. The third kappa shape index (κ3) is 1.41. The van der Waals surface area contributed by atoms with E-state index in [1.165, 1.54) is 0 Å². The van der Waals surface area contributed by atoms with E-state index < -0.39 is 0 Å². The molecule has 0 atom stereocenters. The van der Waals surface area contributed by atoms with Crippen LogP contribution in [-0.2, 0) is 0 Å². The average molecular weight is 178 g/mol. The average Bonchev–Trinajstić information content (AvgIpc) is 2.12. The Hall–Kier alpha value is -0.480. The molecule has 4 nitrogen and oxygen atoms in total. The zero-order chi connectivity index (χ0) is 6.97. The molecule has 2 aliphatic heterocycles. The third-order valence-electron chi connectivity index (χ3n) is 2.09. The van der Waals surface area contributed by atoms with Crippen molar-refractivity contribution in [3.63, 3.8) is 0 Å². The first-order valence-corrected chi connectivity index (χ1v) is 3.63. The van der Waals surface area contributed by atoms with E-state index in [0.29, 0.717) is 6.04 Å². The van der Waals surface area contributed by atoms with Crippen molar-refractivity contribution in [3.8, 4) is 0 Å². The van der Waals surface area contributed by atoms with E-state index in [1.54, 1.807) is 0 Å². The van der Waals surface area contributed by atoms with Gasteiger partial charge in [-0.15, -0.1) is 12.4 Å². The van der Waals surface area contributed by atoms with Gasteiger partial charge in [-0.05, 0) is 0 Å². The summed E-state index contributed by atoms with van der Waals surface area (Å²) in [5.41, 5.74) is 0. The molecule has 0 bridgehead atoms. The predicted octanol–water partition coefficient (Wildman–Crippen LogP) is -0.595. The maximum atomic E-state index is 11.0. The number of nitrogens with one attached hydrogen (secondary N) is 2. The van der Waals surface area contributed by atoms with Crippen LogP contribution in [0.4, 0.5) is 4.79 Å². The lowest BCUT2D eigenvalue weighted by Crippen LogP contribution is -2.57. The van der Waals surface area contributed by atoms with Crippen LogP contribution in [0.3, 0.4) is 0 Å². The fraction of sp³-hybridized carbons (Fsp3) is 0.833. The maximum absolute atomic E-state index is 11.0. The van der Waals surface area contributed by atoms with Crippen molar-refractivity contribution in [2.24, 2.45) is 0 Å². The summed E-state index contributed by atoms with van der Waals surface area (Å²) in [4.78, 5) is 12.9. The SMILES string of the molecule is Cl.O=C1NCCN1C1CNC1. The second kappa shape index (κ2) is 3.28. The number of rotatable bonds is 1. The standard InChI is InChI=1S/C6H11N3O.ClH/c10-6-8-1-2-9(6)5-3-7-4-5;/h5,7H,1-4H2,(H,8,10);1H. The Bertz CT molecular complexity index is 160. The normalized spacial score (nSPS) is 24.0. The summed E-state index contributed by atoms with van der Waals surface area (Å²) >= 11 is 0. The minimum absolute atomic E-state index is 0. The van der Waals surface area contributed by atoms with E-state index in [1.807, 2.05) is 4.90 Å². The van der Waals surface area contributed by atoms with Gasteiger partial charge in [0.05, 0.1) is 6.04 Å². The Morgan fingerprint density at radius 2 is 2.18 bits per heavy atom. The molecule has 2 amide bonds. The highest BCUT2D eigenvalue weighted by molar-refractivity contribution is 5.85. The quantitative estimate of drug-likeness (QED) is 0.562. The molecule has 2 aliphatic rings. The molecule has 0 aromatic carbocycles. The molecular formula is C6H12ClN3O. The van der Waals surface area contributed by atoms with Gasteiger partial charge >= 0.3 is 6.03 Å². The summed E-state index contributed by atoms with van der Waals surface area (Å²) in [6.45, 7) is 3.63. The van der Waals surface area contributed by atoms with Gasteiger partial charge in [0, 0.05) is 26.2 Å². The van der Waals surface area contributed by atoms with Gasteiger partial charge in [0.2, 0.25) is 0 Å². The molecule has 64 valence electrons. The topological polar surface area (TPSA) is 44.4 Å². The number of carbonyl (C=O) groups is 1. The molecule has 2 saturated heterocycles. The van der Waals surface area contributed by atoms with Crippen molar-refractivity contribution in [1.82, 2.24) is 15.5 Å². The number of carbonyl (C=O) groups excluding carboxylic acids is 1. The van der Waals surface area contributed by atoms with Crippen LogP contribution in [0.1, 0.15) is 0 Å². The molecule has 2 rings (SSSR count). The van der Waals surface area contributed by atoms with Gasteiger partial charge in [-0.25, -0.2) is 4.79 Å². The second-order valence-electron chi connectivity index (χ2n) is 2.74. The van der Waals surface area contributed by atoms with E-state index in [4.69, 9.17) is 0 Å². The largest absolute Gasteiger partial charge is 0.336 e. The summed E-state index contributed by atoms with van der Waals surface area (Å²) in [5, 5.41) is 5.91. The summed E-state index contributed by atoms with van der Waals surface area (Å²) in [7, 11) is 0.